The van der Waals surface area contributed by atoms with E-state index in [9.17, 15) is 0 Å². The van der Waals surface area contributed by atoms with Crippen LogP contribution in [0.4, 0.5) is 11.4 Å². The van der Waals surface area contributed by atoms with Crippen molar-refractivity contribution in [3.63, 3.8) is 0 Å². The number of anilines is 2. The van der Waals surface area contributed by atoms with Crippen LogP contribution in [0.25, 0.3) is 11.1 Å². The Morgan fingerprint density at radius 2 is 0.931 bits per heavy atom. The first kappa shape index (κ1) is 17.3. The molecule has 0 atom stereocenters. The molecule has 0 radical (unpaired) electrons. The number of rotatable bonds is 3. The number of nitrogens with one attached hydrogen (secondary N) is 2. The van der Waals surface area contributed by atoms with Gasteiger partial charge in [0.05, 0.1) is 0 Å². The molecule has 4 aromatic rings. The Hall–Kier alpha value is -3.85. The molecule has 0 aliphatic heterocycles. The summed E-state index contributed by atoms with van der Waals surface area (Å²) in [6.45, 7) is 0. The summed E-state index contributed by atoms with van der Waals surface area (Å²) in [6.07, 6.45) is 0. The highest BCUT2D eigenvalue weighted by molar-refractivity contribution is 6.04. The van der Waals surface area contributed by atoms with Crippen LogP contribution in [0.1, 0.15) is 17.2 Å². The molecule has 0 saturated carbocycles. The normalized spacial score (nSPS) is 12.0. The van der Waals surface area contributed by atoms with E-state index in [4.69, 9.17) is 4.99 Å². The van der Waals surface area contributed by atoms with Gasteiger partial charge < -0.3 is 10.6 Å². The second kappa shape index (κ2) is 7.64. The molecule has 4 aromatic carbocycles. The highest BCUT2D eigenvalue weighted by Crippen LogP contribution is 2.45. The van der Waals surface area contributed by atoms with Gasteiger partial charge in [0, 0.05) is 11.4 Å². The Balaban J connectivity index is 1.58. The van der Waals surface area contributed by atoms with Gasteiger partial charge in [-0.05, 0) is 46.5 Å². The molecule has 0 bridgehead atoms. The first-order valence-corrected chi connectivity index (χ1v) is 9.79. The summed E-state index contributed by atoms with van der Waals surface area (Å²) < 4.78 is 0. The minimum atomic E-state index is -0.0511. The summed E-state index contributed by atoms with van der Waals surface area (Å²) in [5.41, 5.74) is 6.97. The van der Waals surface area contributed by atoms with Gasteiger partial charge in [-0.1, -0.05) is 84.9 Å². The molecule has 3 nitrogen and oxygen atoms in total. The van der Waals surface area contributed by atoms with E-state index in [2.05, 4.69) is 59.2 Å². The van der Waals surface area contributed by atoms with Crippen LogP contribution in [0.2, 0.25) is 0 Å². The van der Waals surface area contributed by atoms with Gasteiger partial charge in [-0.15, -0.1) is 0 Å². The first-order chi connectivity index (χ1) is 14.4. The lowest BCUT2D eigenvalue weighted by molar-refractivity contribution is 0.900. The van der Waals surface area contributed by atoms with Crippen molar-refractivity contribution in [1.29, 1.82) is 0 Å². The van der Waals surface area contributed by atoms with Crippen LogP contribution in [-0.2, 0) is 0 Å². The Labute approximate surface area is 170 Å². The van der Waals surface area contributed by atoms with Crippen LogP contribution >= 0.6 is 0 Å². The Morgan fingerprint density at radius 1 is 0.517 bits per heavy atom. The lowest BCUT2D eigenvalue weighted by atomic mass is 10.1. The summed E-state index contributed by atoms with van der Waals surface area (Å²) in [7, 11) is 0. The topological polar surface area (TPSA) is 36.4 Å². The van der Waals surface area contributed by atoms with Gasteiger partial charge in [0.15, 0.2) is 0 Å². The fourth-order valence-corrected chi connectivity index (χ4v) is 3.81. The molecule has 0 aromatic heterocycles. The fraction of sp³-hybridized carbons (Fsp3) is 0.0385. The van der Waals surface area contributed by atoms with E-state index in [0.717, 1.165) is 17.3 Å². The van der Waals surface area contributed by atoms with Crippen molar-refractivity contribution in [1.82, 2.24) is 0 Å². The predicted octanol–water partition coefficient (Wildman–Crippen LogP) is 6.34. The number of benzene rings is 4. The molecular formula is C26H21N3. The molecule has 0 saturated heterocycles. The van der Waals surface area contributed by atoms with E-state index in [1.165, 1.54) is 22.3 Å². The van der Waals surface area contributed by atoms with Crippen molar-refractivity contribution in [2.75, 3.05) is 10.6 Å². The summed E-state index contributed by atoms with van der Waals surface area (Å²) >= 11 is 0. The zero-order valence-electron chi connectivity index (χ0n) is 15.9. The minimum Gasteiger partial charge on any atom is -0.326 e. The summed E-state index contributed by atoms with van der Waals surface area (Å²) in [5.74, 6) is 0.721. The monoisotopic (exact) mass is 375 g/mol. The number of para-hydroxylation sites is 2. The molecule has 0 spiro atoms. The molecule has 1 aliphatic carbocycles. The standard InChI is InChI=1S/C26H21N3/c1-3-11-19(12-4-1)27-26(28-20-13-5-2-6-14-20)29-25-23-17-9-7-15-21(23)22-16-8-10-18-24(22)25/h1-18,25H,(H2,27,28,29). The lowest BCUT2D eigenvalue weighted by Gasteiger charge is -2.16. The predicted molar refractivity (Wildman–Crippen MR) is 121 cm³/mol. The Morgan fingerprint density at radius 3 is 1.41 bits per heavy atom. The van der Waals surface area contributed by atoms with E-state index >= 15 is 0 Å². The second-order valence-corrected chi connectivity index (χ2v) is 7.04. The maximum atomic E-state index is 5.14. The number of fused-ring (bicyclic) bond motifs is 3. The van der Waals surface area contributed by atoms with Gasteiger partial charge in [-0.2, -0.15) is 0 Å². The second-order valence-electron chi connectivity index (χ2n) is 7.04. The number of guanidine groups is 1. The van der Waals surface area contributed by atoms with Crippen molar-refractivity contribution in [2.24, 2.45) is 4.99 Å². The van der Waals surface area contributed by atoms with Crippen molar-refractivity contribution < 1.29 is 0 Å². The number of hydrogen-bond donors (Lipinski definition) is 2. The van der Waals surface area contributed by atoms with Gasteiger partial charge in [-0.3, -0.25) is 0 Å². The molecule has 0 amide bonds. The van der Waals surface area contributed by atoms with Crippen molar-refractivity contribution >= 4 is 17.3 Å². The van der Waals surface area contributed by atoms with E-state index in [1.54, 1.807) is 0 Å². The molecule has 5 rings (SSSR count). The molecule has 2 N–H and O–H groups in total. The lowest BCUT2D eigenvalue weighted by Crippen LogP contribution is -2.23. The molecular weight excluding hydrogens is 354 g/mol. The quantitative estimate of drug-likeness (QED) is 0.324. The fourth-order valence-electron chi connectivity index (χ4n) is 3.81. The van der Waals surface area contributed by atoms with Crippen molar-refractivity contribution in [3.05, 3.63) is 120 Å². The summed E-state index contributed by atoms with van der Waals surface area (Å²) in [5, 5.41) is 6.91. The number of hydrogen-bond acceptors (Lipinski definition) is 1. The third kappa shape index (κ3) is 3.50. The highest BCUT2D eigenvalue weighted by Gasteiger charge is 2.28. The van der Waals surface area contributed by atoms with Gasteiger partial charge in [0.2, 0.25) is 5.96 Å². The molecule has 0 heterocycles. The third-order valence-corrected chi connectivity index (χ3v) is 5.13. The maximum Gasteiger partial charge on any atom is 0.201 e. The molecule has 0 unspecified atom stereocenters. The van der Waals surface area contributed by atoms with Crippen LogP contribution in [0.5, 0.6) is 0 Å². The van der Waals surface area contributed by atoms with Crippen LogP contribution in [0.15, 0.2) is 114 Å². The SMILES string of the molecule is c1ccc(NC(=NC2c3ccccc3-c3ccccc32)Nc2ccccc2)cc1. The maximum absolute atomic E-state index is 5.14. The zero-order chi connectivity index (χ0) is 19.5. The molecule has 140 valence electrons. The first-order valence-electron chi connectivity index (χ1n) is 9.79. The van der Waals surface area contributed by atoms with E-state index in [1.807, 2.05) is 60.7 Å². The van der Waals surface area contributed by atoms with Crippen LogP contribution in [0, 0.1) is 0 Å². The third-order valence-electron chi connectivity index (χ3n) is 5.13. The van der Waals surface area contributed by atoms with Gasteiger partial charge in [0.25, 0.3) is 0 Å². The molecule has 1 aliphatic rings. The Kier molecular flexibility index (Phi) is 4.55. The minimum absolute atomic E-state index is 0.0511. The van der Waals surface area contributed by atoms with Crippen LogP contribution < -0.4 is 10.6 Å². The van der Waals surface area contributed by atoms with Gasteiger partial charge >= 0.3 is 0 Å². The number of aliphatic imine (C=N–C) groups is 1. The highest BCUT2D eigenvalue weighted by atomic mass is 15.2. The van der Waals surface area contributed by atoms with E-state index in [0.29, 0.717) is 0 Å². The molecule has 3 heteroatoms. The van der Waals surface area contributed by atoms with E-state index in [-0.39, 0.29) is 6.04 Å². The summed E-state index contributed by atoms with van der Waals surface area (Å²) in [4.78, 5) is 5.14. The average Bonchev–Trinajstić information content (AvgIpc) is 3.09. The average molecular weight is 375 g/mol. The van der Waals surface area contributed by atoms with Crippen LogP contribution in [-0.4, -0.2) is 5.96 Å². The Bertz CT molecular complexity index is 1060. The molecule has 29 heavy (non-hydrogen) atoms. The van der Waals surface area contributed by atoms with Crippen molar-refractivity contribution in [2.45, 2.75) is 6.04 Å². The van der Waals surface area contributed by atoms with E-state index < -0.39 is 0 Å². The molecule has 0 fully saturated rings. The largest absolute Gasteiger partial charge is 0.326 e. The van der Waals surface area contributed by atoms with Crippen molar-refractivity contribution in [3.8, 4) is 11.1 Å². The summed E-state index contributed by atoms with van der Waals surface area (Å²) in [6, 6.07) is 37.3. The van der Waals surface area contributed by atoms with Gasteiger partial charge in [-0.25, -0.2) is 4.99 Å². The number of nitrogens with zero attached hydrogens (tertiary/aromatic N) is 1. The van der Waals surface area contributed by atoms with Gasteiger partial charge in [0.1, 0.15) is 6.04 Å². The smallest absolute Gasteiger partial charge is 0.201 e. The zero-order valence-corrected chi connectivity index (χ0v) is 15.9. The van der Waals surface area contributed by atoms with Crippen LogP contribution in [0.3, 0.4) is 0 Å².